The highest BCUT2D eigenvalue weighted by Crippen LogP contribution is 2.19. The van der Waals surface area contributed by atoms with Crippen LogP contribution in [0.15, 0.2) is 24.3 Å². The molecule has 4 unspecified atom stereocenters. The van der Waals surface area contributed by atoms with Crippen LogP contribution >= 0.6 is 0 Å². The molecule has 4 atom stereocenters. The highest BCUT2D eigenvalue weighted by Gasteiger charge is 2.33. The monoisotopic (exact) mass is 246 g/mol. The second-order valence-corrected chi connectivity index (χ2v) is 4.80. The first-order chi connectivity index (χ1) is 8.56. The molecule has 3 nitrogen and oxygen atoms in total. The fourth-order valence-corrected chi connectivity index (χ4v) is 2.06. The summed E-state index contributed by atoms with van der Waals surface area (Å²) < 4.78 is 5.54. The lowest BCUT2D eigenvalue weighted by molar-refractivity contribution is -0.142. The van der Waals surface area contributed by atoms with Crippen molar-refractivity contribution < 1.29 is 14.9 Å². The minimum Gasteiger partial charge on any atom is -0.390 e. The minimum absolute atomic E-state index is 0.0831. The van der Waals surface area contributed by atoms with Gasteiger partial charge in [0.1, 0.15) is 12.2 Å². The van der Waals surface area contributed by atoms with Gasteiger partial charge in [-0.1, -0.05) is 24.0 Å². The van der Waals surface area contributed by atoms with Gasteiger partial charge in [-0.3, -0.25) is 0 Å². The second-order valence-electron chi connectivity index (χ2n) is 4.80. The summed E-state index contributed by atoms with van der Waals surface area (Å²) in [6.07, 6.45) is -1.95. The minimum atomic E-state index is -0.932. The van der Waals surface area contributed by atoms with E-state index in [0.717, 1.165) is 11.1 Å². The van der Waals surface area contributed by atoms with Crippen molar-refractivity contribution in [2.75, 3.05) is 0 Å². The Morgan fingerprint density at radius 3 is 2.83 bits per heavy atom. The van der Waals surface area contributed by atoms with Crippen molar-refractivity contribution in [2.24, 2.45) is 0 Å². The highest BCUT2D eigenvalue weighted by atomic mass is 16.5. The van der Waals surface area contributed by atoms with Gasteiger partial charge in [-0.15, -0.1) is 0 Å². The van der Waals surface area contributed by atoms with Crippen LogP contribution in [0.5, 0.6) is 0 Å². The van der Waals surface area contributed by atoms with Gasteiger partial charge in [0.2, 0.25) is 0 Å². The average Bonchev–Trinajstić information content (AvgIpc) is 2.32. The highest BCUT2D eigenvalue weighted by molar-refractivity contribution is 5.37. The second kappa shape index (κ2) is 5.53. The molecule has 0 aliphatic carbocycles. The molecule has 1 aromatic rings. The van der Waals surface area contributed by atoms with Crippen molar-refractivity contribution >= 4 is 0 Å². The van der Waals surface area contributed by atoms with Crippen molar-refractivity contribution in [1.29, 1.82) is 0 Å². The van der Waals surface area contributed by atoms with Gasteiger partial charge in [0.25, 0.3) is 0 Å². The zero-order valence-corrected chi connectivity index (χ0v) is 10.6. The van der Waals surface area contributed by atoms with Gasteiger partial charge < -0.3 is 14.9 Å². The van der Waals surface area contributed by atoms with Crippen LogP contribution in [0.1, 0.15) is 24.5 Å². The number of benzene rings is 1. The van der Waals surface area contributed by atoms with Gasteiger partial charge in [0.05, 0.1) is 12.2 Å². The van der Waals surface area contributed by atoms with E-state index in [9.17, 15) is 10.2 Å². The van der Waals surface area contributed by atoms with Crippen molar-refractivity contribution in [3.8, 4) is 11.8 Å². The molecule has 96 valence electrons. The first-order valence-electron chi connectivity index (χ1n) is 6.16. The van der Waals surface area contributed by atoms with E-state index in [4.69, 9.17) is 4.74 Å². The van der Waals surface area contributed by atoms with E-state index < -0.39 is 18.3 Å². The molecule has 1 aliphatic heterocycles. The van der Waals surface area contributed by atoms with Crippen LogP contribution in [0.4, 0.5) is 0 Å². The molecule has 2 N–H and O–H groups in total. The molecule has 0 aromatic heterocycles. The van der Waals surface area contributed by atoms with Crippen LogP contribution in [0.2, 0.25) is 0 Å². The maximum Gasteiger partial charge on any atom is 0.147 e. The number of hydrogen-bond acceptors (Lipinski definition) is 3. The van der Waals surface area contributed by atoms with Crippen LogP contribution in [-0.2, 0) is 4.74 Å². The van der Waals surface area contributed by atoms with Gasteiger partial charge in [0, 0.05) is 12.0 Å². The lowest BCUT2D eigenvalue weighted by Crippen LogP contribution is -2.46. The summed E-state index contributed by atoms with van der Waals surface area (Å²) >= 11 is 0. The van der Waals surface area contributed by atoms with E-state index >= 15 is 0 Å². The van der Waals surface area contributed by atoms with Gasteiger partial charge in [-0.05, 0) is 31.5 Å². The number of hydrogen-bond donors (Lipinski definition) is 2. The van der Waals surface area contributed by atoms with Crippen molar-refractivity contribution in [2.45, 2.75) is 44.7 Å². The maximum absolute atomic E-state index is 9.81. The Balaban J connectivity index is 2.13. The largest absolute Gasteiger partial charge is 0.390 e. The molecule has 0 amide bonds. The molecule has 2 rings (SSSR count). The standard InChI is InChI=1S/C15H18O3/c1-10-4-3-5-12(8-10)6-7-14-15(17)13(16)9-11(2)18-14/h3-5,8,11,13-17H,9H2,1-2H3. The molecule has 3 heteroatoms. The number of rotatable bonds is 0. The summed E-state index contributed by atoms with van der Waals surface area (Å²) in [6, 6.07) is 7.83. The molecule has 0 saturated carbocycles. The van der Waals surface area contributed by atoms with Crippen LogP contribution in [0.3, 0.4) is 0 Å². The van der Waals surface area contributed by atoms with Crippen molar-refractivity contribution in [3.63, 3.8) is 0 Å². The van der Waals surface area contributed by atoms with E-state index in [-0.39, 0.29) is 6.10 Å². The van der Waals surface area contributed by atoms with E-state index in [1.807, 2.05) is 38.1 Å². The fourth-order valence-electron chi connectivity index (χ4n) is 2.06. The van der Waals surface area contributed by atoms with Gasteiger partial charge in [-0.2, -0.15) is 0 Å². The van der Waals surface area contributed by atoms with Crippen molar-refractivity contribution in [1.82, 2.24) is 0 Å². The maximum atomic E-state index is 9.81. The Hall–Kier alpha value is -1.34. The summed E-state index contributed by atoms with van der Waals surface area (Å²) in [6.45, 7) is 3.87. The Labute approximate surface area is 107 Å². The number of aliphatic hydroxyl groups is 2. The zero-order chi connectivity index (χ0) is 13.1. The number of aliphatic hydroxyl groups excluding tert-OH is 2. The lowest BCUT2D eigenvalue weighted by Gasteiger charge is -2.33. The summed E-state index contributed by atoms with van der Waals surface area (Å²) in [5.41, 5.74) is 2.03. The number of aryl methyl sites for hydroxylation is 1. The predicted molar refractivity (Wildman–Crippen MR) is 69.0 cm³/mol. The van der Waals surface area contributed by atoms with E-state index in [2.05, 4.69) is 11.8 Å². The molecule has 0 radical (unpaired) electrons. The Bertz CT molecular complexity index is 472. The molecule has 18 heavy (non-hydrogen) atoms. The molecule has 0 bridgehead atoms. The smallest absolute Gasteiger partial charge is 0.147 e. The third-order valence-electron chi connectivity index (χ3n) is 3.03. The van der Waals surface area contributed by atoms with Gasteiger partial charge in [-0.25, -0.2) is 0 Å². The molecular weight excluding hydrogens is 228 g/mol. The van der Waals surface area contributed by atoms with Gasteiger partial charge >= 0.3 is 0 Å². The van der Waals surface area contributed by atoms with Crippen LogP contribution in [0.25, 0.3) is 0 Å². The third kappa shape index (κ3) is 3.11. The van der Waals surface area contributed by atoms with E-state index in [1.54, 1.807) is 0 Å². The molecule has 1 aromatic carbocycles. The Morgan fingerprint density at radius 1 is 1.33 bits per heavy atom. The summed E-state index contributed by atoms with van der Waals surface area (Å²) in [7, 11) is 0. The molecular formula is C15H18O3. The molecule has 1 saturated heterocycles. The molecule has 1 fully saturated rings. The van der Waals surface area contributed by atoms with Crippen LogP contribution in [-0.4, -0.2) is 34.6 Å². The number of ether oxygens (including phenoxy) is 1. The fraction of sp³-hybridized carbons (Fsp3) is 0.467. The van der Waals surface area contributed by atoms with Crippen molar-refractivity contribution in [3.05, 3.63) is 35.4 Å². The Kier molecular flexibility index (Phi) is 4.03. The van der Waals surface area contributed by atoms with Crippen LogP contribution < -0.4 is 0 Å². The van der Waals surface area contributed by atoms with E-state index in [1.165, 1.54) is 0 Å². The zero-order valence-electron chi connectivity index (χ0n) is 10.6. The first kappa shape index (κ1) is 13.1. The topological polar surface area (TPSA) is 49.7 Å². The predicted octanol–water partition coefficient (Wildman–Crippen LogP) is 1.25. The Morgan fingerprint density at radius 2 is 2.11 bits per heavy atom. The SMILES string of the molecule is Cc1cccc(C#CC2OC(C)CC(O)C2O)c1. The third-order valence-corrected chi connectivity index (χ3v) is 3.03. The molecule has 0 spiro atoms. The quantitative estimate of drug-likeness (QED) is 0.677. The first-order valence-corrected chi connectivity index (χ1v) is 6.16. The van der Waals surface area contributed by atoms with E-state index in [0.29, 0.717) is 6.42 Å². The summed E-state index contributed by atoms with van der Waals surface area (Å²) in [5.74, 6) is 5.87. The average molecular weight is 246 g/mol. The summed E-state index contributed by atoms with van der Waals surface area (Å²) in [4.78, 5) is 0. The summed E-state index contributed by atoms with van der Waals surface area (Å²) in [5, 5.41) is 19.5. The van der Waals surface area contributed by atoms with Gasteiger partial charge in [0.15, 0.2) is 0 Å². The molecule has 1 aliphatic rings. The molecule has 1 heterocycles. The lowest BCUT2D eigenvalue weighted by atomic mass is 9.98. The normalized spacial score (nSPS) is 31.6. The van der Waals surface area contributed by atoms with Crippen LogP contribution in [0, 0.1) is 18.8 Å².